The maximum absolute atomic E-state index is 15.3. The number of aryl methyl sites for hydroxylation is 2. The first-order valence-corrected chi connectivity index (χ1v) is 12.7. The van der Waals surface area contributed by atoms with Crippen LogP contribution in [0.3, 0.4) is 0 Å². The largest absolute Gasteiger partial charge is 0.398 e. The molecule has 0 fully saturated rings. The highest BCUT2D eigenvalue weighted by Crippen LogP contribution is 2.59. The van der Waals surface area contributed by atoms with Crippen molar-refractivity contribution < 1.29 is 35.1 Å². The quantitative estimate of drug-likeness (QED) is 0.216. The van der Waals surface area contributed by atoms with E-state index in [2.05, 4.69) is 0 Å². The lowest BCUT2D eigenvalue weighted by atomic mass is 9.85. The molecule has 0 radical (unpaired) electrons. The number of hydrogen-bond acceptors (Lipinski definition) is 2. The standard InChI is InChI=1S/C28H36F8N2/c1-7-9-17-11-19(13-21(15(3)4)23(17)37)25(29,30)27(33,34)28(35,36)26(31,32)20-12-18(10-8-2)24(38)22(14-20)16(5)6/h11-16H,7-10,37-38H2,1-6H3. The van der Waals surface area contributed by atoms with Crippen molar-refractivity contribution in [2.24, 2.45) is 0 Å². The predicted molar refractivity (Wildman–Crippen MR) is 136 cm³/mol. The molecule has 2 rings (SSSR count). The van der Waals surface area contributed by atoms with Crippen LogP contribution in [0.5, 0.6) is 0 Å². The van der Waals surface area contributed by atoms with Crippen LogP contribution < -0.4 is 11.5 Å². The van der Waals surface area contributed by atoms with Gasteiger partial charge in [-0.3, -0.25) is 0 Å². The fourth-order valence-electron chi connectivity index (χ4n) is 4.50. The van der Waals surface area contributed by atoms with Crippen LogP contribution >= 0.6 is 0 Å². The Morgan fingerprint density at radius 2 is 0.868 bits per heavy atom. The molecule has 2 aromatic carbocycles. The molecule has 0 aliphatic rings. The van der Waals surface area contributed by atoms with Gasteiger partial charge in [-0.1, -0.05) is 54.4 Å². The third kappa shape index (κ3) is 5.19. The van der Waals surface area contributed by atoms with Gasteiger partial charge in [-0.25, -0.2) is 0 Å². The van der Waals surface area contributed by atoms with Crippen molar-refractivity contribution in [3.63, 3.8) is 0 Å². The second-order valence-electron chi connectivity index (χ2n) is 10.4. The molecule has 0 saturated heterocycles. The lowest BCUT2D eigenvalue weighted by molar-refractivity contribution is -0.374. The Bertz CT molecular complexity index is 1050. The smallest absolute Gasteiger partial charge is 0.382 e. The Labute approximate surface area is 218 Å². The summed E-state index contributed by atoms with van der Waals surface area (Å²) in [7, 11) is 0. The molecule has 2 aromatic rings. The summed E-state index contributed by atoms with van der Waals surface area (Å²) in [4.78, 5) is 0. The number of anilines is 2. The zero-order valence-electron chi connectivity index (χ0n) is 22.5. The first-order chi connectivity index (χ1) is 17.3. The molecule has 2 nitrogen and oxygen atoms in total. The van der Waals surface area contributed by atoms with E-state index in [1.54, 1.807) is 41.5 Å². The number of benzene rings is 2. The van der Waals surface area contributed by atoms with E-state index in [4.69, 9.17) is 11.5 Å². The van der Waals surface area contributed by atoms with Gasteiger partial charge in [0.2, 0.25) is 0 Å². The van der Waals surface area contributed by atoms with Gasteiger partial charge in [0.05, 0.1) is 0 Å². The molecule has 4 N–H and O–H groups in total. The predicted octanol–water partition coefficient (Wildman–Crippen LogP) is 9.16. The van der Waals surface area contributed by atoms with Crippen LogP contribution in [0.2, 0.25) is 0 Å². The molecule has 0 aromatic heterocycles. The molecule has 10 heteroatoms. The van der Waals surface area contributed by atoms with Crippen molar-refractivity contribution in [2.45, 2.75) is 103 Å². The third-order valence-corrected chi connectivity index (χ3v) is 6.79. The van der Waals surface area contributed by atoms with Crippen LogP contribution in [0, 0.1) is 0 Å². The van der Waals surface area contributed by atoms with E-state index in [0.29, 0.717) is 37.1 Å². The van der Waals surface area contributed by atoms with E-state index in [-0.39, 0.29) is 46.5 Å². The Kier molecular flexibility index (Phi) is 9.11. The molecule has 0 heterocycles. The van der Waals surface area contributed by atoms with Crippen molar-refractivity contribution in [2.75, 3.05) is 11.5 Å². The number of hydrogen-bond donors (Lipinski definition) is 2. The molecule has 0 unspecified atom stereocenters. The number of alkyl halides is 8. The molecule has 0 saturated carbocycles. The molecule has 214 valence electrons. The lowest BCUT2D eigenvalue weighted by Gasteiger charge is -2.38. The first-order valence-electron chi connectivity index (χ1n) is 12.7. The fourth-order valence-corrected chi connectivity index (χ4v) is 4.50. The average Bonchev–Trinajstić information content (AvgIpc) is 2.80. The van der Waals surface area contributed by atoms with E-state index < -0.39 is 46.7 Å². The normalized spacial score (nSPS) is 13.6. The van der Waals surface area contributed by atoms with Gasteiger partial charge in [0.15, 0.2) is 0 Å². The van der Waals surface area contributed by atoms with E-state index in [9.17, 15) is 0 Å². The number of rotatable bonds is 11. The van der Waals surface area contributed by atoms with Crippen LogP contribution in [0.25, 0.3) is 0 Å². The minimum absolute atomic E-state index is 0.0424. The summed E-state index contributed by atoms with van der Waals surface area (Å²) in [5.74, 6) is -25.3. The van der Waals surface area contributed by atoms with Crippen LogP contribution in [0.4, 0.5) is 46.5 Å². The highest BCUT2D eigenvalue weighted by Gasteiger charge is 2.81. The van der Waals surface area contributed by atoms with Gasteiger partial charge < -0.3 is 11.5 Å². The summed E-state index contributed by atoms with van der Waals surface area (Å²) in [6.07, 6.45) is 1.02. The van der Waals surface area contributed by atoms with Gasteiger partial charge in [-0.2, -0.15) is 35.1 Å². The van der Waals surface area contributed by atoms with Crippen molar-refractivity contribution >= 4 is 11.4 Å². The third-order valence-electron chi connectivity index (χ3n) is 6.79. The summed E-state index contributed by atoms with van der Waals surface area (Å²) in [5.41, 5.74) is 9.37. The van der Waals surface area contributed by atoms with Crippen LogP contribution in [-0.2, 0) is 24.7 Å². The Balaban J connectivity index is 2.76. The maximum Gasteiger partial charge on any atom is 0.382 e. The molecule has 0 atom stereocenters. The number of nitrogens with two attached hydrogens (primary N) is 2. The number of nitrogen functional groups attached to an aromatic ring is 2. The minimum Gasteiger partial charge on any atom is -0.398 e. The minimum atomic E-state index is -6.47. The van der Waals surface area contributed by atoms with Crippen molar-refractivity contribution in [1.29, 1.82) is 0 Å². The van der Waals surface area contributed by atoms with E-state index in [1.165, 1.54) is 0 Å². The fraction of sp³-hybridized carbons (Fsp3) is 0.571. The number of halogens is 8. The summed E-state index contributed by atoms with van der Waals surface area (Å²) < 4.78 is 122. The molecular formula is C28H36F8N2. The zero-order chi connectivity index (χ0) is 29.4. The van der Waals surface area contributed by atoms with Crippen LogP contribution in [-0.4, -0.2) is 11.8 Å². The van der Waals surface area contributed by atoms with E-state index >= 15 is 35.1 Å². The van der Waals surface area contributed by atoms with Gasteiger partial charge in [0.25, 0.3) is 0 Å². The molecule has 0 spiro atoms. The summed E-state index contributed by atoms with van der Waals surface area (Å²) in [6, 6.07) is 2.40. The summed E-state index contributed by atoms with van der Waals surface area (Å²) >= 11 is 0. The topological polar surface area (TPSA) is 52.0 Å². The molecule has 0 aliphatic heterocycles. The van der Waals surface area contributed by atoms with Crippen molar-refractivity contribution in [1.82, 2.24) is 0 Å². The van der Waals surface area contributed by atoms with E-state index in [1.807, 2.05) is 0 Å². The molecular weight excluding hydrogens is 516 g/mol. The van der Waals surface area contributed by atoms with Gasteiger partial charge in [0.1, 0.15) is 0 Å². The highest BCUT2D eigenvalue weighted by molar-refractivity contribution is 5.59. The average molecular weight is 553 g/mol. The Morgan fingerprint density at radius 1 is 0.579 bits per heavy atom. The van der Waals surface area contributed by atoms with Crippen molar-refractivity contribution in [3.8, 4) is 0 Å². The van der Waals surface area contributed by atoms with Crippen molar-refractivity contribution in [3.05, 3.63) is 57.6 Å². The van der Waals surface area contributed by atoms with Gasteiger partial charge in [-0.05, 0) is 71.2 Å². The SMILES string of the molecule is CCCc1cc(C(F)(F)C(F)(F)C(F)(F)C(F)(F)c2cc(CCC)c(N)c(C(C)C)c2)cc(C(C)C)c1N. The highest BCUT2D eigenvalue weighted by atomic mass is 19.4. The van der Waals surface area contributed by atoms with Gasteiger partial charge in [0, 0.05) is 22.5 Å². The molecule has 38 heavy (non-hydrogen) atoms. The van der Waals surface area contributed by atoms with Gasteiger partial charge in [-0.15, -0.1) is 0 Å². The van der Waals surface area contributed by atoms with Gasteiger partial charge >= 0.3 is 23.7 Å². The zero-order valence-corrected chi connectivity index (χ0v) is 22.5. The first kappa shape index (κ1) is 31.7. The summed E-state index contributed by atoms with van der Waals surface area (Å²) in [5, 5.41) is 0. The molecule has 0 bridgehead atoms. The Morgan fingerprint density at radius 3 is 1.11 bits per heavy atom. The lowest BCUT2D eigenvalue weighted by Crippen LogP contribution is -2.59. The van der Waals surface area contributed by atoms with E-state index in [0.717, 1.165) is 0 Å². The Hall–Kier alpha value is -2.52. The summed E-state index contributed by atoms with van der Waals surface area (Å²) in [6.45, 7) is 9.62. The van der Waals surface area contributed by atoms with Crippen LogP contribution in [0.1, 0.15) is 99.6 Å². The van der Waals surface area contributed by atoms with Crippen LogP contribution in [0.15, 0.2) is 24.3 Å². The monoisotopic (exact) mass is 552 g/mol. The molecule has 0 amide bonds. The second-order valence-corrected chi connectivity index (χ2v) is 10.4. The molecule has 0 aliphatic carbocycles. The maximum atomic E-state index is 15.3. The second kappa shape index (κ2) is 10.9.